The molecule has 4 heteroatoms. The molecule has 0 aliphatic heterocycles. The fraction of sp³-hybridized carbons (Fsp3) is 0.222. The smallest absolute Gasteiger partial charge is 0.356 e. The third-order valence-electron chi connectivity index (χ3n) is 1.62. The Hall–Kier alpha value is -0.360. The van der Waals surface area contributed by atoms with Crippen molar-refractivity contribution in [1.29, 1.82) is 0 Å². The van der Waals surface area contributed by atoms with Crippen LogP contribution in [0.1, 0.15) is 11.5 Å². The second-order valence-corrected chi connectivity index (χ2v) is 7.11. The summed E-state index contributed by atoms with van der Waals surface area (Å²) in [5.41, 5.74) is 1.05. The van der Waals surface area contributed by atoms with Crippen molar-refractivity contribution in [1.82, 2.24) is 5.16 Å². The summed E-state index contributed by atoms with van der Waals surface area (Å²) >= 11 is 1.74. The Labute approximate surface area is 91.2 Å². The number of hydrogen-bond acceptors (Lipinski definition) is 3. The van der Waals surface area contributed by atoms with Crippen molar-refractivity contribution in [2.24, 2.45) is 0 Å². The molecular formula is C9H9INOS+. The van der Waals surface area contributed by atoms with Crippen LogP contribution in [-0.4, -0.2) is 5.16 Å². The van der Waals surface area contributed by atoms with E-state index in [1.807, 2.05) is 25.2 Å². The van der Waals surface area contributed by atoms with E-state index in [2.05, 4.69) is 22.7 Å². The van der Waals surface area contributed by atoms with Crippen molar-refractivity contribution in [3.05, 3.63) is 35.4 Å². The molecule has 2 rings (SSSR count). The van der Waals surface area contributed by atoms with Gasteiger partial charge in [-0.1, -0.05) is 16.5 Å². The molecule has 2 heterocycles. The third kappa shape index (κ3) is 1.94. The fourth-order valence-corrected chi connectivity index (χ4v) is 4.73. The van der Waals surface area contributed by atoms with Gasteiger partial charge < -0.3 is 4.52 Å². The van der Waals surface area contributed by atoms with Gasteiger partial charge in [0.2, 0.25) is 2.88 Å². The molecule has 0 saturated heterocycles. The lowest BCUT2D eigenvalue weighted by Gasteiger charge is -1.77. The molecule has 0 fully saturated rings. The lowest BCUT2D eigenvalue weighted by Crippen LogP contribution is -3.61. The third-order valence-corrected chi connectivity index (χ3v) is 6.53. The van der Waals surface area contributed by atoms with Crippen LogP contribution in [0, 0.1) is 20.3 Å². The number of hydrogen-bond donors (Lipinski definition) is 0. The average Bonchev–Trinajstić information content (AvgIpc) is 2.70. The first kappa shape index (κ1) is 9.21. The Morgan fingerprint density at radius 3 is 2.85 bits per heavy atom. The van der Waals surface area contributed by atoms with E-state index in [9.17, 15) is 0 Å². The average molecular weight is 306 g/mol. The second kappa shape index (κ2) is 3.79. The van der Waals surface area contributed by atoms with Gasteiger partial charge in [0, 0.05) is 13.0 Å². The predicted octanol–water partition coefficient (Wildman–Crippen LogP) is -0.519. The van der Waals surface area contributed by atoms with Crippen LogP contribution in [-0.2, 0) is 0 Å². The molecular weight excluding hydrogens is 297 g/mol. The van der Waals surface area contributed by atoms with Gasteiger partial charge in [-0.15, -0.1) is 0 Å². The zero-order valence-electron chi connectivity index (χ0n) is 7.37. The van der Waals surface area contributed by atoms with E-state index in [1.165, 1.54) is 6.45 Å². The van der Waals surface area contributed by atoms with Gasteiger partial charge in [0.05, 0.1) is 0 Å². The zero-order valence-corrected chi connectivity index (χ0v) is 10.3. The van der Waals surface area contributed by atoms with Crippen molar-refractivity contribution in [3.63, 3.8) is 0 Å². The first-order valence-electron chi connectivity index (χ1n) is 3.88. The van der Waals surface area contributed by atoms with E-state index in [0.29, 0.717) is 0 Å². The van der Waals surface area contributed by atoms with Crippen LogP contribution in [0.25, 0.3) is 0 Å². The second-order valence-electron chi connectivity index (χ2n) is 2.65. The molecule has 0 atom stereocenters. The molecule has 13 heavy (non-hydrogen) atoms. The van der Waals surface area contributed by atoms with E-state index >= 15 is 0 Å². The van der Waals surface area contributed by atoms with Crippen LogP contribution in [0.5, 0.6) is 0 Å². The van der Waals surface area contributed by atoms with Gasteiger partial charge in [-0.2, -0.15) is 0 Å². The van der Waals surface area contributed by atoms with Crippen molar-refractivity contribution >= 4 is 11.3 Å². The highest BCUT2D eigenvalue weighted by Gasteiger charge is 2.26. The Kier molecular flexibility index (Phi) is 2.69. The van der Waals surface area contributed by atoms with Gasteiger partial charge in [-0.25, -0.2) is 0 Å². The highest BCUT2D eigenvalue weighted by molar-refractivity contribution is 7.07. The molecule has 2 nitrogen and oxygen atoms in total. The van der Waals surface area contributed by atoms with E-state index < -0.39 is 0 Å². The van der Waals surface area contributed by atoms with E-state index in [0.717, 1.165) is 11.5 Å². The molecule has 2 aromatic rings. The number of rotatable bonds is 2. The van der Waals surface area contributed by atoms with Crippen molar-refractivity contribution < 1.29 is 25.7 Å². The molecule has 68 valence electrons. The van der Waals surface area contributed by atoms with Crippen molar-refractivity contribution in [2.45, 2.75) is 13.8 Å². The molecule has 0 bridgehead atoms. The van der Waals surface area contributed by atoms with E-state index in [-0.39, 0.29) is 21.2 Å². The first-order chi connectivity index (χ1) is 6.27. The summed E-state index contributed by atoms with van der Waals surface area (Å²) in [6.45, 7) is 4.00. The van der Waals surface area contributed by atoms with Crippen LogP contribution in [0.15, 0.2) is 22.0 Å². The lowest BCUT2D eigenvalue weighted by atomic mass is 10.4. The molecule has 0 amide bonds. The summed E-state index contributed by atoms with van der Waals surface area (Å²) in [6, 6.07) is 4.28. The molecule has 0 spiro atoms. The Balaban J connectivity index is 2.27. The predicted molar refractivity (Wildman–Crippen MR) is 47.7 cm³/mol. The molecule has 0 saturated carbocycles. The Morgan fingerprint density at radius 2 is 2.31 bits per heavy atom. The molecule has 0 aliphatic rings. The highest BCUT2D eigenvalue weighted by Crippen LogP contribution is 2.00. The minimum atomic E-state index is -0.0773. The number of halogens is 1. The lowest BCUT2D eigenvalue weighted by molar-refractivity contribution is -0.593. The summed E-state index contributed by atoms with van der Waals surface area (Å²) in [4.78, 5) is 0. The van der Waals surface area contributed by atoms with E-state index in [1.54, 1.807) is 0 Å². The maximum Gasteiger partial charge on any atom is 0.375 e. The minimum Gasteiger partial charge on any atom is -0.356 e. The van der Waals surface area contributed by atoms with Crippen LogP contribution in [0.3, 0.4) is 0 Å². The number of aryl methyl sites for hydroxylation is 2. The quantitative estimate of drug-likeness (QED) is 0.698. The monoisotopic (exact) mass is 306 g/mol. The van der Waals surface area contributed by atoms with Gasteiger partial charge in [0.1, 0.15) is 5.69 Å². The molecule has 0 radical (unpaired) electrons. The van der Waals surface area contributed by atoms with Crippen LogP contribution in [0.2, 0.25) is 0 Å². The normalized spacial score (nSPS) is 10.6. The summed E-state index contributed by atoms with van der Waals surface area (Å²) < 4.78 is 7.93. The van der Waals surface area contributed by atoms with Gasteiger partial charge in [-0.3, -0.25) is 0 Å². The topological polar surface area (TPSA) is 26.0 Å². The van der Waals surface area contributed by atoms with Gasteiger partial charge in [0.25, 0.3) is 3.57 Å². The molecule has 0 unspecified atom stereocenters. The standard InChI is InChI=1S/C9H9INOS/c1-6-9(7(2)12-11-6)10-8-4-3-5-13-8/h3-5H,1-2H3/q+1. The van der Waals surface area contributed by atoms with E-state index in [4.69, 9.17) is 4.52 Å². The molecule has 2 aromatic heterocycles. The van der Waals surface area contributed by atoms with Gasteiger partial charge >= 0.3 is 21.2 Å². The number of thiophene rings is 1. The maximum atomic E-state index is 5.13. The van der Waals surface area contributed by atoms with Crippen molar-refractivity contribution in [2.75, 3.05) is 0 Å². The number of nitrogens with zero attached hydrogens (tertiary/aromatic N) is 1. The maximum absolute atomic E-state index is 5.13. The van der Waals surface area contributed by atoms with Crippen LogP contribution >= 0.6 is 11.3 Å². The molecule has 0 N–H and O–H groups in total. The van der Waals surface area contributed by atoms with Gasteiger partial charge in [-0.05, 0) is 18.4 Å². The molecule has 0 aromatic carbocycles. The minimum absolute atomic E-state index is 0.0773. The fourth-order valence-electron chi connectivity index (χ4n) is 1.01. The highest BCUT2D eigenvalue weighted by atomic mass is 127. The largest absolute Gasteiger partial charge is 0.375 e. The van der Waals surface area contributed by atoms with Crippen molar-refractivity contribution in [3.8, 4) is 0 Å². The zero-order chi connectivity index (χ0) is 9.26. The summed E-state index contributed by atoms with van der Waals surface area (Å²) in [6.07, 6.45) is 0. The first-order valence-corrected chi connectivity index (χ1v) is 6.92. The Morgan fingerprint density at radius 1 is 1.46 bits per heavy atom. The van der Waals surface area contributed by atoms with Crippen LogP contribution < -0.4 is 21.2 Å². The Bertz CT molecular complexity index is 374. The van der Waals surface area contributed by atoms with Crippen LogP contribution in [0.4, 0.5) is 0 Å². The SMILES string of the molecule is Cc1noc(C)c1[I+]c1cccs1. The summed E-state index contributed by atoms with van der Waals surface area (Å²) in [5.74, 6) is 0.985. The summed E-state index contributed by atoms with van der Waals surface area (Å²) in [5, 5.41) is 6.07. The number of aromatic nitrogens is 1. The summed E-state index contributed by atoms with van der Waals surface area (Å²) in [7, 11) is 0. The molecule has 0 aliphatic carbocycles. The van der Waals surface area contributed by atoms with Gasteiger partial charge in [0.15, 0.2) is 5.76 Å².